The third-order valence-electron chi connectivity index (χ3n) is 6.77. The second kappa shape index (κ2) is 12.3. The van der Waals surface area contributed by atoms with E-state index >= 15 is 0 Å². The highest BCUT2D eigenvalue weighted by Gasteiger charge is 2.22. The van der Waals surface area contributed by atoms with E-state index in [2.05, 4.69) is 74.2 Å². The van der Waals surface area contributed by atoms with Crippen molar-refractivity contribution >= 4 is 16.9 Å². The summed E-state index contributed by atoms with van der Waals surface area (Å²) in [4.78, 5) is 8.94. The molecule has 0 radical (unpaired) electrons. The third-order valence-corrected chi connectivity index (χ3v) is 8.02. The Morgan fingerprint density at radius 3 is 2.37 bits per heavy atom. The van der Waals surface area contributed by atoms with Crippen LogP contribution in [0.3, 0.4) is 0 Å². The van der Waals surface area contributed by atoms with Gasteiger partial charge in [0.15, 0.2) is 5.17 Å². The predicted molar refractivity (Wildman–Crippen MR) is 149 cm³/mol. The molecule has 184 valence electrons. The summed E-state index contributed by atoms with van der Waals surface area (Å²) in [7, 11) is 0. The Balaban J connectivity index is 1.67. The van der Waals surface area contributed by atoms with E-state index < -0.39 is 0 Å². The van der Waals surface area contributed by atoms with Crippen molar-refractivity contribution in [3.63, 3.8) is 0 Å². The molecule has 0 aliphatic heterocycles. The molecule has 4 heteroatoms. The van der Waals surface area contributed by atoms with Gasteiger partial charge in [0.1, 0.15) is 5.75 Å². The Kier molecular flexibility index (Phi) is 8.92. The van der Waals surface area contributed by atoms with Crippen molar-refractivity contribution in [3.05, 3.63) is 94.5 Å². The standard InChI is InChI=1S/C31H38N2OS/c1-23-9-7-12-27(18-23)20-32-31(35-30-16-15-24(2)17-25(30)3)33(21-26-10-5-4-6-11-26)22-28-13-8-14-29(34)19-28/h7-9,12-19,26,34H,4-6,10-11,20-22H2,1-3H3. The molecule has 0 amide bonds. The van der Waals surface area contributed by atoms with Gasteiger partial charge in [-0.3, -0.25) is 4.99 Å². The zero-order chi connectivity index (χ0) is 24.6. The van der Waals surface area contributed by atoms with Crippen LogP contribution in [-0.2, 0) is 13.1 Å². The van der Waals surface area contributed by atoms with Crippen molar-refractivity contribution in [1.29, 1.82) is 0 Å². The van der Waals surface area contributed by atoms with E-state index in [0.717, 1.165) is 23.8 Å². The summed E-state index contributed by atoms with van der Waals surface area (Å²) in [5.74, 6) is 1.00. The number of benzene rings is 3. The van der Waals surface area contributed by atoms with Crippen molar-refractivity contribution < 1.29 is 5.11 Å². The molecule has 3 aromatic carbocycles. The van der Waals surface area contributed by atoms with Gasteiger partial charge in [0, 0.05) is 18.0 Å². The van der Waals surface area contributed by atoms with Gasteiger partial charge in [-0.05, 0) is 74.4 Å². The number of aromatic hydroxyl groups is 1. The summed E-state index contributed by atoms with van der Waals surface area (Å²) in [5.41, 5.74) is 6.18. The minimum Gasteiger partial charge on any atom is -0.508 e. The van der Waals surface area contributed by atoms with Crippen molar-refractivity contribution in [3.8, 4) is 5.75 Å². The number of hydrogen-bond acceptors (Lipinski definition) is 3. The van der Waals surface area contributed by atoms with Crippen LogP contribution < -0.4 is 0 Å². The molecule has 1 saturated carbocycles. The molecule has 3 aromatic rings. The van der Waals surface area contributed by atoms with Crippen LogP contribution in [0.1, 0.15) is 59.9 Å². The molecule has 1 aliphatic rings. The van der Waals surface area contributed by atoms with Gasteiger partial charge in [-0.1, -0.05) is 90.7 Å². The minimum atomic E-state index is 0.320. The molecule has 1 aliphatic carbocycles. The van der Waals surface area contributed by atoms with Crippen LogP contribution in [0.25, 0.3) is 0 Å². The van der Waals surface area contributed by atoms with Gasteiger partial charge in [0.25, 0.3) is 0 Å². The van der Waals surface area contributed by atoms with Crippen LogP contribution in [0, 0.1) is 26.7 Å². The molecule has 1 fully saturated rings. The molecule has 0 saturated heterocycles. The molecule has 0 aromatic heterocycles. The third kappa shape index (κ3) is 7.63. The molecule has 3 nitrogen and oxygen atoms in total. The lowest BCUT2D eigenvalue weighted by Crippen LogP contribution is -2.34. The van der Waals surface area contributed by atoms with E-state index in [1.165, 1.54) is 59.3 Å². The topological polar surface area (TPSA) is 35.8 Å². The summed E-state index contributed by atoms with van der Waals surface area (Å²) in [5, 5.41) is 11.2. The van der Waals surface area contributed by atoms with Crippen LogP contribution in [0.4, 0.5) is 0 Å². The Labute approximate surface area is 215 Å². The second-order valence-electron chi connectivity index (χ2n) is 10.0. The molecule has 1 N–H and O–H groups in total. The van der Waals surface area contributed by atoms with Gasteiger partial charge < -0.3 is 10.0 Å². The van der Waals surface area contributed by atoms with E-state index in [-0.39, 0.29) is 0 Å². The van der Waals surface area contributed by atoms with E-state index in [4.69, 9.17) is 4.99 Å². The highest BCUT2D eigenvalue weighted by molar-refractivity contribution is 8.13. The smallest absolute Gasteiger partial charge is 0.164 e. The van der Waals surface area contributed by atoms with Gasteiger partial charge in [-0.2, -0.15) is 0 Å². The largest absolute Gasteiger partial charge is 0.508 e. The van der Waals surface area contributed by atoms with E-state index in [9.17, 15) is 5.11 Å². The molecular formula is C31H38N2OS. The summed E-state index contributed by atoms with van der Waals surface area (Å²) in [6.45, 7) is 8.88. The second-order valence-corrected chi connectivity index (χ2v) is 11.0. The normalized spacial score (nSPS) is 14.8. The van der Waals surface area contributed by atoms with Crippen LogP contribution in [0.5, 0.6) is 5.75 Å². The molecular weight excluding hydrogens is 448 g/mol. The number of hydrogen-bond donors (Lipinski definition) is 1. The molecule has 0 unspecified atom stereocenters. The lowest BCUT2D eigenvalue weighted by Gasteiger charge is -2.32. The number of rotatable bonds is 7. The van der Waals surface area contributed by atoms with Crippen molar-refractivity contribution in [2.45, 2.75) is 70.9 Å². The summed E-state index contributed by atoms with van der Waals surface area (Å²) in [6.07, 6.45) is 6.58. The van der Waals surface area contributed by atoms with Crippen LogP contribution in [0.15, 0.2) is 76.6 Å². The first-order valence-corrected chi connectivity index (χ1v) is 13.7. The van der Waals surface area contributed by atoms with Crippen molar-refractivity contribution in [1.82, 2.24) is 4.90 Å². The van der Waals surface area contributed by atoms with Gasteiger partial charge in [-0.25, -0.2) is 0 Å². The average molecular weight is 487 g/mol. The van der Waals surface area contributed by atoms with Gasteiger partial charge in [0.2, 0.25) is 0 Å². The average Bonchev–Trinajstić information content (AvgIpc) is 2.83. The number of aryl methyl sites for hydroxylation is 3. The monoisotopic (exact) mass is 486 g/mol. The molecule has 0 bridgehead atoms. The minimum absolute atomic E-state index is 0.320. The number of phenols is 1. The first-order valence-electron chi connectivity index (χ1n) is 12.8. The fraction of sp³-hybridized carbons (Fsp3) is 0.387. The molecule has 35 heavy (non-hydrogen) atoms. The van der Waals surface area contributed by atoms with Gasteiger partial charge in [-0.15, -0.1) is 0 Å². The first kappa shape index (κ1) is 25.4. The number of phenolic OH excluding ortho intramolecular Hbond substituents is 1. The maximum absolute atomic E-state index is 10.1. The lowest BCUT2D eigenvalue weighted by atomic mass is 9.89. The highest BCUT2D eigenvalue weighted by Crippen LogP contribution is 2.31. The Morgan fingerprint density at radius 1 is 0.886 bits per heavy atom. The van der Waals surface area contributed by atoms with Crippen LogP contribution in [-0.4, -0.2) is 21.7 Å². The maximum atomic E-state index is 10.1. The summed E-state index contributed by atoms with van der Waals surface area (Å²) < 4.78 is 0. The molecule has 0 spiro atoms. The summed E-state index contributed by atoms with van der Waals surface area (Å²) >= 11 is 1.78. The number of aliphatic imine (C=N–C) groups is 1. The van der Waals surface area contributed by atoms with Gasteiger partial charge >= 0.3 is 0 Å². The zero-order valence-electron chi connectivity index (χ0n) is 21.3. The quantitative estimate of drug-likeness (QED) is 0.208. The van der Waals surface area contributed by atoms with E-state index in [0.29, 0.717) is 18.2 Å². The molecule has 0 atom stereocenters. The summed E-state index contributed by atoms with van der Waals surface area (Å²) in [6, 6.07) is 23.0. The fourth-order valence-electron chi connectivity index (χ4n) is 4.95. The zero-order valence-corrected chi connectivity index (χ0v) is 22.2. The Hall–Kier alpha value is -2.72. The number of thioether (sulfide) groups is 1. The van der Waals surface area contributed by atoms with Gasteiger partial charge in [0.05, 0.1) is 6.54 Å². The van der Waals surface area contributed by atoms with Crippen molar-refractivity contribution in [2.24, 2.45) is 10.9 Å². The predicted octanol–water partition coefficient (Wildman–Crippen LogP) is 8.05. The molecule has 4 rings (SSSR count). The Morgan fingerprint density at radius 2 is 1.63 bits per heavy atom. The fourth-order valence-corrected chi connectivity index (χ4v) is 5.90. The lowest BCUT2D eigenvalue weighted by molar-refractivity contribution is 0.271. The van der Waals surface area contributed by atoms with Crippen molar-refractivity contribution in [2.75, 3.05) is 6.54 Å². The number of nitrogens with zero attached hydrogens (tertiary/aromatic N) is 2. The highest BCUT2D eigenvalue weighted by atomic mass is 32.2. The van der Waals surface area contributed by atoms with E-state index in [1.807, 2.05) is 12.1 Å². The van der Waals surface area contributed by atoms with E-state index in [1.54, 1.807) is 17.8 Å². The number of amidine groups is 1. The molecule has 0 heterocycles. The maximum Gasteiger partial charge on any atom is 0.164 e. The SMILES string of the molecule is Cc1cccc(CN=C(Sc2ccc(C)cc2C)N(Cc2cccc(O)c2)CC2CCCCC2)c1. The van der Waals surface area contributed by atoms with Crippen LogP contribution in [0.2, 0.25) is 0 Å². The first-order chi connectivity index (χ1) is 17.0. The Bertz CT molecular complexity index is 1150. The van der Waals surface area contributed by atoms with Crippen LogP contribution >= 0.6 is 11.8 Å².